The second kappa shape index (κ2) is 9.66. The van der Waals surface area contributed by atoms with Gasteiger partial charge in [0, 0.05) is 26.2 Å². The van der Waals surface area contributed by atoms with Crippen molar-refractivity contribution in [2.24, 2.45) is 0 Å². The summed E-state index contributed by atoms with van der Waals surface area (Å²) < 4.78 is 25.1. The van der Waals surface area contributed by atoms with Gasteiger partial charge in [0.05, 0.1) is 38.1 Å². The number of benzene rings is 1. The van der Waals surface area contributed by atoms with Crippen LogP contribution in [-0.2, 0) is 14.3 Å². The Labute approximate surface area is 175 Å². The van der Waals surface area contributed by atoms with Crippen LogP contribution in [0.5, 0.6) is 0 Å². The summed E-state index contributed by atoms with van der Waals surface area (Å²) in [5, 5.41) is 5.77. The molecule has 0 saturated carbocycles. The van der Waals surface area contributed by atoms with Gasteiger partial charge in [0.15, 0.2) is 5.88 Å². The average molecular weight is 421 g/mol. The van der Waals surface area contributed by atoms with Gasteiger partial charge in [0.25, 0.3) is 0 Å². The monoisotopic (exact) mass is 421 g/mol. The summed E-state index contributed by atoms with van der Waals surface area (Å²) in [6.45, 7) is 6.79. The number of piperazine rings is 1. The van der Waals surface area contributed by atoms with Crippen LogP contribution in [-0.4, -0.2) is 83.0 Å². The molecule has 2 fully saturated rings. The van der Waals surface area contributed by atoms with Gasteiger partial charge in [-0.1, -0.05) is 0 Å². The minimum atomic E-state index is -0.520. The number of likely N-dealkylation sites (N-methyl/N-ethyl adjacent to an activating group) is 1. The fourth-order valence-corrected chi connectivity index (χ4v) is 3.52. The van der Waals surface area contributed by atoms with E-state index in [1.807, 2.05) is 4.90 Å². The molecule has 1 aromatic carbocycles. The van der Waals surface area contributed by atoms with Crippen LogP contribution in [0.4, 0.5) is 20.6 Å². The zero-order valence-corrected chi connectivity index (χ0v) is 17.3. The molecule has 2 N–H and O–H groups in total. The molecule has 2 amide bonds. The molecule has 2 heterocycles. The smallest absolute Gasteiger partial charge is 0.414 e. The number of hydrogen-bond donors (Lipinski definition) is 2. The zero-order valence-electron chi connectivity index (χ0n) is 17.3. The van der Waals surface area contributed by atoms with Gasteiger partial charge in [0.1, 0.15) is 11.9 Å². The molecule has 3 rings (SSSR count). The number of ether oxygens (including phenoxy) is 2. The number of methoxy groups -OCH3 is 1. The third kappa shape index (κ3) is 4.93. The van der Waals surface area contributed by atoms with Crippen LogP contribution in [0.25, 0.3) is 0 Å². The van der Waals surface area contributed by atoms with Crippen molar-refractivity contribution in [2.75, 3.05) is 69.8 Å². The minimum absolute atomic E-state index is 0.0404. The Hall–Kier alpha value is -3.01. The Bertz CT molecular complexity index is 797. The number of cyclic esters (lactones) is 1. The average Bonchev–Trinajstić information content (AvgIpc) is 3.12. The van der Waals surface area contributed by atoms with Crippen molar-refractivity contribution in [2.45, 2.75) is 6.10 Å². The number of nitrogens with one attached hydrogen (secondary N) is 2. The molecule has 0 aliphatic carbocycles. The lowest BCUT2D eigenvalue weighted by Crippen LogP contribution is -2.50. The van der Waals surface area contributed by atoms with Gasteiger partial charge >= 0.3 is 6.09 Å². The SMILES string of the molecule is C=C(NCC1CN(c2ccc(N3CCN(C(=O)CNC)CC3)c(F)c2)C(=O)O1)OC. The largest absolute Gasteiger partial charge is 0.483 e. The Kier molecular flexibility index (Phi) is 6.99. The van der Waals surface area contributed by atoms with Gasteiger partial charge in [-0.3, -0.25) is 9.69 Å². The van der Waals surface area contributed by atoms with Crippen molar-refractivity contribution in [3.05, 3.63) is 36.5 Å². The highest BCUT2D eigenvalue weighted by molar-refractivity contribution is 5.90. The lowest BCUT2D eigenvalue weighted by Gasteiger charge is -2.36. The van der Waals surface area contributed by atoms with Gasteiger partial charge in [-0.25, -0.2) is 9.18 Å². The predicted molar refractivity (Wildman–Crippen MR) is 111 cm³/mol. The third-order valence-electron chi connectivity index (χ3n) is 5.19. The molecule has 1 atom stereocenters. The van der Waals surface area contributed by atoms with E-state index in [0.717, 1.165) is 0 Å². The van der Waals surface area contributed by atoms with Crippen LogP contribution in [0.3, 0.4) is 0 Å². The normalized spacial score (nSPS) is 19.0. The van der Waals surface area contributed by atoms with Crippen molar-refractivity contribution < 1.29 is 23.5 Å². The molecule has 2 aliphatic heterocycles. The number of amides is 2. The Morgan fingerprint density at radius 1 is 1.33 bits per heavy atom. The first kappa shape index (κ1) is 21.7. The fraction of sp³-hybridized carbons (Fsp3) is 0.500. The maximum atomic E-state index is 14.8. The topological polar surface area (TPSA) is 86.4 Å². The quantitative estimate of drug-likeness (QED) is 0.599. The van der Waals surface area contributed by atoms with Crippen LogP contribution >= 0.6 is 0 Å². The molecule has 164 valence electrons. The number of rotatable bonds is 8. The van der Waals surface area contributed by atoms with E-state index < -0.39 is 18.0 Å². The van der Waals surface area contributed by atoms with E-state index in [2.05, 4.69) is 17.2 Å². The summed E-state index contributed by atoms with van der Waals surface area (Å²) in [4.78, 5) is 29.2. The highest BCUT2D eigenvalue weighted by atomic mass is 19.1. The number of carbonyl (C=O) groups is 2. The second-order valence-electron chi connectivity index (χ2n) is 7.16. The molecule has 0 bridgehead atoms. The lowest BCUT2D eigenvalue weighted by molar-refractivity contribution is -0.130. The Morgan fingerprint density at radius 3 is 2.70 bits per heavy atom. The molecule has 0 radical (unpaired) electrons. The van der Waals surface area contributed by atoms with Crippen molar-refractivity contribution >= 4 is 23.4 Å². The summed E-state index contributed by atoms with van der Waals surface area (Å²) >= 11 is 0. The molecule has 0 spiro atoms. The first-order valence-corrected chi connectivity index (χ1v) is 9.84. The molecule has 2 aliphatic rings. The molecule has 2 saturated heterocycles. The van der Waals surface area contributed by atoms with Crippen molar-refractivity contribution in [3.63, 3.8) is 0 Å². The number of nitrogens with zero attached hydrogens (tertiary/aromatic N) is 3. The summed E-state index contributed by atoms with van der Waals surface area (Å²) in [5.41, 5.74) is 0.902. The summed E-state index contributed by atoms with van der Waals surface area (Å²) in [5.74, 6) is 0.0101. The summed E-state index contributed by atoms with van der Waals surface area (Å²) in [6, 6.07) is 4.72. The van der Waals surface area contributed by atoms with Crippen LogP contribution in [0.1, 0.15) is 0 Å². The van der Waals surface area contributed by atoms with Crippen LogP contribution < -0.4 is 20.4 Å². The molecule has 1 unspecified atom stereocenters. The maximum absolute atomic E-state index is 14.8. The lowest BCUT2D eigenvalue weighted by atomic mass is 10.2. The molecule has 1 aromatic rings. The summed E-state index contributed by atoms with van der Waals surface area (Å²) in [7, 11) is 3.23. The van der Waals surface area contributed by atoms with Crippen LogP contribution in [0.15, 0.2) is 30.7 Å². The van der Waals surface area contributed by atoms with Crippen molar-refractivity contribution in [3.8, 4) is 0 Å². The van der Waals surface area contributed by atoms with E-state index in [0.29, 0.717) is 63.1 Å². The number of carbonyl (C=O) groups excluding carboxylic acids is 2. The third-order valence-corrected chi connectivity index (χ3v) is 5.19. The molecular weight excluding hydrogens is 393 g/mol. The van der Waals surface area contributed by atoms with Gasteiger partial charge in [-0.15, -0.1) is 0 Å². The van der Waals surface area contributed by atoms with E-state index in [1.165, 1.54) is 18.1 Å². The molecule has 10 heteroatoms. The molecule has 30 heavy (non-hydrogen) atoms. The number of hydrogen-bond acceptors (Lipinski definition) is 7. The summed E-state index contributed by atoms with van der Waals surface area (Å²) in [6.07, 6.45) is -0.913. The van der Waals surface area contributed by atoms with E-state index in [4.69, 9.17) is 9.47 Å². The molecule has 9 nitrogen and oxygen atoms in total. The van der Waals surface area contributed by atoms with E-state index >= 15 is 0 Å². The number of anilines is 2. The highest BCUT2D eigenvalue weighted by Crippen LogP contribution is 2.28. The van der Waals surface area contributed by atoms with Crippen molar-refractivity contribution in [1.29, 1.82) is 0 Å². The highest BCUT2D eigenvalue weighted by Gasteiger charge is 2.33. The maximum Gasteiger partial charge on any atom is 0.414 e. The zero-order chi connectivity index (χ0) is 21.7. The van der Waals surface area contributed by atoms with E-state index in [-0.39, 0.29) is 5.91 Å². The first-order valence-electron chi connectivity index (χ1n) is 9.84. The van der Waals surface area contributed by atoms with Gasteiger partial charge in [-0.05, 0) is 31.8 Å². The van der Waals surface area contributed by atoms with Gasteiger partial charge < -0.3 is 29.9 Å². The molecular formula is C20H28FN5O4. The number of halogens is 1. The molecule has 0 aromatic heterocycles. The predicted octanol–water partition coefficient (Wildman–Crippen LogP) is 0.726. The Balaban J connectivity index is 1.60. The standard InChI is InChI=1S/C20H28FN5O4/c1-14(29-3)23-11-16-13-26(20(28)30-16)15-4-5-18(17(21)10-15)24-6-8-25(9-7-24)19(27)12-22-2/h4-5,10,16,22-23H,1,6-9,11-13H2,2-3H3. The Morgan fingerprint density at radius 2 is 2.07 bits per heavy atom. The van der Waals surface area contributed by atoms with E-state index in [1.54, 1.807) is 24.1 Å². The minimum Gasteiger partial charge on any atom is -0.483 e. The van der Waals surface area contributed by atoms with Gasteiger partial charge in [-0.2, -0.15) is 0 Å². The van der Waals surface area contributed by atoms with Crippen molar-refractivity contribution in [1.82, 2.24) is 15.5 Å². The van der Waals surface area contributed by atoms with Crippen LogP contribution in [0, 0.1) is 5.82 Å². The van der Waals surface area contributed by atoms with Gasteiger partial charge in [0.2, 0.25) is 5.91 Å². The van der Waals surface area contributed by atoms with E-state index in [9.17, 15) is 14.0 Å². The first-order chi connectivity index (χ1) is 14.4. The van der Waals surface area contributed by atoms with Crippen LogP contribution in [0.2, 0.25) is 0 Å². The second-order valence-corrected chi connectivity index (χ2v) is 7.16. The fourth-order valence-electron chi connectivity index (χ4n) is 3.52.